The Hall–Kier alpha value is -1.55. The molecule has 104 valence electrons. The highest BCUT2D eigenvalue weighted by atomic mass is 35.5. The van der Waals surface area contributed by atoms with Gasteiger partial charge in [0.05, 0.1) is 0 Å². The highest BCUT2D eigenvalue weighted by Crippen LogP contribution is 2.26. The average molecular weight is 309 g/mol. The second-order valence-electron chi connectivity index (χ2n) is 4.37. The normalized spacial score (nSPS) is 12.1. The summed E-state index contributed by atoms with van der Waals surface area (Å²) in [5.41, 5.74) is 7.13. The molecule has 0 bridgehead atoms. The number of nitrogens with two attached hydrogens (primary N) is 1. The molecule has 0 aliphatic rings. The lowest BCUT2D eigenvalue weighted by molar-refractivity contribution is -0.120. The van der Waals surface area contributed by atoms with Crippen molar-refractivity contribution in [1.29, 1.82) is 0 Å². The van der Waals surface area contributed by atoms with Crippen molar-refractivity contribution in [3.63, 3.8) is 0 Å². The molecule has 0 aliphatic carbocycles. The Kier molecular flexibility index (Phi) is 5.01. The predicted molar refractivity (Wildman–Crippen MR) is 81.7 cm³/mol. The van der Waals surface area contributed by atoms with E-state index in [-0.39, 0.29) is 0 Å². The van der Waals surface area contributed by atoms with Crippen molar-refractivity contribution in [3.05, 3.63) is 69.7 Å². The van der Waals surface area contributed by atoms with Crippen molar-refractivity contribution in [3.8, 4) is 0 Å². The molecule has 0 saturated heterocycles. The fraction of sp³-hybridized carbons (Fsp3) is 0.133. The van der Waals surface area contributed by atoms with Gasteiger partial charge in [0, 0.05) is 16.6 Å². The van der Waals surface area contributed by atoms with Gasteiger partial charge in [-0.3, -0.25) is 10.1 Å². The Morgan fingerprint density at radius 1 is 1.15 bits per heavy atom. The SMILES string of the molecule is NC(=O)C(NCc1ccccc1)c1ccc(Cl)cc1Cl. The van der Waals surface area contributed by atoms with Gasteiger partial charge in [-0.25, -0.2) is 0 Å². The predicted octanol–water partition coefficient (Wildman–Crippen LogP) is 3.31. The molecule has 0 radical (unpaired) electrons. The van der Waals surface area contributed by atoms with Crippen LogP contribution in [0.1, 0.15) is 17.2 Å². The Labute approximate surface area is 127 Å². The summed E-state index contributed by atoms with van der Waals surface area (Å²) in [6, 6.07) is 14.1. The van der Waals surface area contributed by atoms with Crippen LogP contribution < -0.4 is 11.1 Å². The summed E-state index contributed by atoms with van der Waals surface area (Å²) in [5, 5.41) is 4.05. The molecule has 0 fully saturated rings. The van der Waals surface area contributed by atoms with Crippen LogP contribution in [0.15, 0.2) is 48.5 Å². The van der Waals surface area contributed by atoms with E-state index in [1.807, 2.05) is 30.3 Å². The molecule has 3 nitrogen and oxygen atoms in total. The van der Waals surface area contributed by atoms with Gasteiger partial charge >= 0.3 is 0 Å². The topological polar surface area (TPSA) is 55.1 Å². The summed E-state index contributed by atoms with van der Waals surface area (Å²) in [4.78, 5) is 11.6. The minimum Gasteiger partial charge on any atom is -0.368 e. The van der Waals surface area contributed by atoms with Gasteiger partial charge in [0.1, 0.15) is 6.04 Å². The van der Waals surface area contributed by atoms with Gasteiger partial charge in [-0.05, 0) is 23.3 Å². The number of nitrogens with one attached hydrogen (secondary N) is 1. The summed E-state index contributed by atoms with van der Waals surface area (Å²) in [7, 11) is 0. The monoisotopic (exact) mass is 308 g/mol. The van der Waals surface area contributed by atoms with Gasteiger partial charge < -0.3 is 5.73 Å². The Bertz CT molecular complexity index is 602. The van der Waals surface area contributed by atoms with Gasteiger partial charge in [-0.1, -0.05) is 59.6 Å². The average Bonchev–Trinajstić information content (AvgIpc) is 2.42. The van der Waals surface area contributed by atoms with E-state index in [2.05, 4.69) is 5.32 Å². The van der Waals surface area contributed by atoms with Crippen LogP contribution in [-0.2, 0) is 11.3 Å². The molecule has 1 amide bonds. The Morgan fingerprint density at radius 2 is 1.85 bits per heavy atom. The first kappa shape index (κ1) is 14.9. The maximum absolute atomic E-state index is 11.6. The third-order valence-corrected chi connectivity index (χ3v) is 3.47. The number of rotatable bonds is 5. The lowest BCUT2D eigenvalue weighted by Gasteiger charge is -2.17. The van der Waals surface area contributed by atoms with Crippen LogP contribution >= 0.6 is 23.2 Å². The maximum atomic E-state index is 11.6. The number of carbonyl (C=O) groups is 1. The molecule has 0 spiro atoms. The van der Waals surface area contributed by atoms with E-state index in [1.54, 1.807) is 18.2 Å². The highest BCUT2D eigenvalue weighted by Gasteiger charge is 2.20. The third-order valence-electron chi connectivity index (χ3n) is 2.91. The van der Waals surface area contributed by atoms with Crippen LogP contribution in [0.3, 0.4) is 0 Å². The van der Waals surface area contributed by atoms with Crippen LogP contribution in [-0.4, -0.2) is 5.91 Å². The number of primary amides is 1. The van der Waals surface area contributed by atoms with Gasteiger partial charge in [-0.15, -0.1) is 0 Å². The van der Waals surface area contributed by atoms with Crippen LogP contribution in [0.25, 0.3) is 0 Å². The van der Waals surface area contributed by atoms with Crippen LogP contribution in [0, 0.1) is 0 Å². The zero-order valence-electron chi connectivity index (χ0n) is 10.6. The first-order valence-corrected chi connectivity index (χ1v) is 6.85. The first-order chi connectivity index (χ1) is 9.58. The van der Waals surface area contributed by atoms with E-state index in [1.165, 1.54) is 0 Å². The van der Waals surface area contributed by atoms with Crippen molar-refractivity contribution < 1.29 is 4.79 Å². The summed E-state index contributed by atoms with van der Waals surface area (Å²) < 4.78 is 0. The van der Waals surface area contributed by atoms with Gasteiger partial charge in [0.2, 0.25) is 5.91 Å². The van der Waals surface area contributed by atoms with Gasteiger partial charge in [0.15, 0.2) is 0 Å². The molecule has 1 atom stereocenters. The molecule has 5 heteroatoms. The number of hydrogen-bond donors (Lipinski definition) is 2. The fourth-order valence-corrected chi connectivity index (χ4v) is 2.43. The molecule has 2 aromatic rings. The first-order valence-electron chi connectivity index (χ1n) is 6.09. The van der Waals surface area contributed by atoms with Crippen molar-refractivity contribution in [1.82, 2.24) is 5.32 Å². The zero-order valence-corrected chi connectivity index (χ0v) is 12.2. The zero-order chi connectivity index (χ0) is 14.5. The quantitative estimate of drug-likeness (QED) is 0.890. The van der Waals surface area contributed by atoms with Crippen LogP contribution in [0.5, 0.6) is 0 Å². The van der Waals surface area contributed by atoms with Gasteiger partial charge in [0.25, 0.3) is 0 Å². The lowest BCUT2D eigenvalue weighted by Crippen LogP contribution is -2.33. The molecule has 0 saturated carbocycles. The molecule has 0 aliphatic heterocycles. The van der Waals surface area contributed by atoms with E-state index in [9.17, 15) is 4.79 Å². The summed E-state index contributed by atoms with van der Waals surface area (Å²) in [6.07, 6.45) is 0. The molecule has 3 N–H and O–H groups in total. The number of benzene rings is 2. The van der Waals surface area contributed by atoms with E-state index >= 15 is 0 Å². The third kappa shape index (κ3) is 3.73. The Balaban J connectivity index is 2.17. The van der Waals surface area contributed by atoms with Crippen molar-refractivity contribution in [2.24, 2.45) is 5.73 Å². The summed E-state index contributed by atoms with van der Waals surface area (Å²) in [5.74, 6) is -0.481. The van der Waals surface area contributed by atoms with E-state index in [0.29, 0.717) is 22.2 Å². The number of carbonyl (C=O) groups excluding carboxylic acids is 1. The molecule has 0 heterocycles. The number of halogens is 2. The van der Waals surface area contributed by atoms with Crippen molar-refractivity contribution in [2.45, 2.75) is 12.6 Å². The highest BCUT2D eigenvalue weighted by molar-refractivity contribution is 6.35. The molecular weight excluding hydrogens is 295 g/mol. The second-order valence-corrected chi connectivity index (χ2v) is 5.21. The van der Waals surface area contributed by atoms with Crippen LogP contribution in [0.4, 0.5) is 0 Å². The fourth-order valence-electron chi connectivity index (χ4n) is 1.92. The van der Waals surface area contributed by atoms with Crippen LogP contribution in [0.2, 0.25) is 10.0 Å². The molecular formula is C15H14Cl2N2O. The van der Waals surface area contributed by atoms with E-state index < -0.39 is 11.9 Å². The molecule has 20 heavy (non-hydrogen) atoms. The second kappa shape index (κ2) is 6.75. The van der Waals surface area contributed by atoms with Crippen molar-refractivity contribution in [2.75, 3.05) is 0 Å². The largest absolute Gasteiger partial charge is 0.368 e. The van der Waals surface area contributed by atoms with E-state index in [4.69, 9.17) is 28.9 Å². The molecule has 0 aromatic heterocycles. The number of amides is 1. The van der Waals surface area contributed by atoms with Gasteiger partial charge in [-0.2, -0.15) is 0 Å². The maximum Gasteiger partial charge on any atom is 0.239 e. The number of hydrogen-bond acceptors (Lipinski definition) is 2. The Morgan fingerprint density at radius 3 is 2.45 bits per heavy atom. The van der Waals surface area contributed by atoms with E-state index in [0.717, 1.165) is 5.56 Å². The smallest absolute Gasteiger partial charge is 0.239 e. The summed E-state index contributed by atoms with van der Waals surface area (Å²) >= 11 is 12.0. The molecule has 2 aromatic carbocycles. The lowest BCUT2D eigenvalue weighted by atomic mass is 10.1. The van der Waals surface area contributed by atoms with Crippen molar-refractivity contribution >= 4 is 29.1 Å². The molecule has 2 rings (SSSR count). The standard InChI is InChI=1S/C15H14Cl2N2O/c16-11-6-7-12(13(17)8-11)14(15(18)20)19-9-10-4-2-1-3-5-10/h1-8,14,19H,9H2,(H2,18,20). The summed E-state index contributed by atoms with van der Waals surface area (Å²) in [6.45, 7) is 0.521. The minimum atomic E-state index is -0.653. The molecule has 1 unspecified atom stereocenters. The minimum absolute atomic E-state index is 0.418.